The number of aromatic nitrogens is 4. The van der Waals surface area contributed by atoms with Crippen molar-refractivity contribution in [1.29, 1.82) is 0 Å². The Morgan fingerprint density at radius 2 is 2.16 bits per heavy atom. The summed E-state index contributed by atoms with van der Waals surface area (Å²) in [5, 5.41) is 3.94. The third kappa shape index (κ3) is 2.70. The number of nitrogen functional groups attached to an aromatic ring is 1. The van der Waals surface area contributed by atoms with Gasteiger partial charge >= 0.3 is 0 Å². The summed E-state index contributed by atoms with van der Waals surface area (Å²) in [6.45, 7) is 0.812. The molecule has 1 atom stereocenters. The van der Waals surface area contributed by atoms with Crippen LogP contribution in [0.1, 0.15) is 25.1 Å². The highest BCUT2D eigenvalue weighted by Crippen LogP contribution is 2.21. The first kappa shape index (κ1) is 12.0. The molecule has 0 aromatic carbocycles. The fourth-order valence-corrected chi connectivity index (χ4v) is 2.12. The fourth-order valence-electron chi connectivity index (χ4n) is 2.12. The molecular weight excluding hydrogens is 246 g/mol. The van der Waals surface area contributed by atoms with Crippen LogP contribution < -0.4 is 5.73 Å². The molecule has 0 bridgehead atoms. The number of nitrogens with two attached hydrogens (primary N) is 1. The number of ether oxygens (including phenoxy) is 1. The van der Waals surface area contributed by atoms with E-state index >= 15 is 0 Å². The van der Waals surface area contributed by atoms with E-state index in [9.17, 15) is 0 Å². The Labute approximate surface area is 110 Å². The van der Waals surface area contributed by atoms with Gasteiger partial charge in [0.1, 0.15) is 0 Å². The molecule has 0 aliphatic carbocycles. The maximum Gasteiger partial charge on any atom is 0.280 e. The van der Waals surface area contributed by atoms with Gasteiger partial charge in [0, 0.05) is 25.4 Å². The number of anilines is 1. The van der Waals surface area contributed by atoms with Crippen LogP contribution in [0, 0.1) is 0 Å². The van der Waals surface area contributed by atoms with Crippen LogP contribution in [0.2, 0.25) is 0 Å². The molecule has 7 nitrogen and oxygen atoms in total. The van der Waals surface area contributed by atoms with Gasteiger partial charge < -0.3 is 15.0 Å². The summed E-state index contributed by atoms with van der Waals surface area (Å²) < 4.78 is 10.8. The van der Waals surface area contributed by atoms with E-state index in [1.54, 1.807) is 6.20 Å². The molecule has 19 heavy (non-hydrogen) atoms. The van der Waals surface area contributed by atoms with Crippen molar-refractivity contribution in [2.75, 3.05) is 12.3 Å². The van der Waals surface area contributed by atoms with E-state index in [1.165, 1.54) is 12.6 Å². The quantitative estimate of drug-likeness (QED) is 0.886. The Bertz CT molecular complexity index is 551. The predicted molar refractivity (Wildman–Crippen MR) is 67.0 cm³/mol. The highest BCUT2D eigenvalue weighted by molar-refractivity contribution is 5.61. The normalized spacial score (nSPS) is 19.5. The highest BCUT2D eigenvalue weighted by Gasteiger charge is 2.19. The number of hydrogen-bond donors (Lipinski definition) is 1. The zero-order valence-corrected chi connectivity index (χ0v) is 10.5. The van der Waals surface area contributed by atoms with Crippen molar-refractivity contribution < 1.29 is 9.26 Å². The van der Waals surface area contributed by atoms with E-state index in [2.05, 4.69) is 20.1 Å². The van der Waals surface area contributed by atoms with Crippen molar-refractivity contribution in [3.05, 3.63) is 18.2 Å². The molecule has 1 unspecified atom stereocenters. The molecule has 7 heteroatoms. The predicted octanol–water partition coefficient (Wildman–Crippen LogP) is 1.22. The van der Waals surface area contributed by atoms with Gasteiger partial charge in [0.05, 0.1) is 6.10 Å². The average Bonchev–Trinajstić information content (AvgIpc) is 2.89. The molecule has 1 aliphatic rings. The van der Waals surface area contributed by atoms with E-state index in [4.69, 9.17) is 15.0 Å². The van der Waals surface area contributed by atoms with Gasteiger partial charge in [-0.2, -0.15) is 4.98 Å². The molecule has 3 rings (SSSR count). The van der Waals surface area contributed by atoms with Crippen LogP contribution in [-0.4, -0.2) is 32.8 Å². The third-order valence-corrected chi connectivity index (χ3v) is 3.08. The first-order valence-electron chi connectivity index (χ1n) is 6.34. The fraction of sp³-hybridized carbons (Fsp3) is 0.500. The van der Waals surface area contributed by atoms with Crippen molar-refractivity contribution in [3.8, 4) is 11.6 Å². The summed E-state index contributed by atoms with van der Waals surface area (Å²) in [4.78, 5) is 12.3. The highest BCUT2D eigenvalue weighted by atomic mass is 16.5. The summed E-state index contributed by atoms with van der Waals surface area (Å²) >= 11 is 0. The molecule has 1 aliphatic heterocycles. The lowest BCUT2D eigenvalue weighted by Gasteiger charge is -2.20. The second-order valence-electron chi connectivity index (χ2n) is 4.50. The summed E-state index contributed by atoms with van der Waals surface area (Å²) in [5.74, 6) is 1.20. The van der Waals surface area contributed by atoms with Crippen molar-refractivity contribution >= 4 is 5.82 Å². The van der Waals surface area contributed by atoms with Crippen molar-refractivity contribution in [2.45, 2.75) is 31.8 Å². The van der Waals surface area contributed by atoms with Crippen molar-refractivity contribution in [3.63, 3.8) is 0 Å². The lowest BCUT2D eigenvalue weighted by molar-refractivity contribution is 0.0153. The van der Waals surface area contributed by atoms with E-state index in [-0.39, 0.29) is 11.9 Å². The van der Waals surface area contributed by atoms with Crippen molar-refractivity contribution in [2.24, 2.45) is 0 Å². The SMILES string of the molecule is Nc1nccnc1-c1nc(CC2CCCCO2)no1. The Morgan fingerprint density at radius 3 is 2.95 bits per heavy atom. The van der Waals surface area contributed by atoms with Crippen LogP contribution in [0.4, 0.5) is 5.82 Å². The number of rotatable bonds is 3. The third-order valence-electron chi connectivity index (χ3n) is 3.08. The first-order valence-corrected chi connectivity index (χ1v) is 6.34. The molecular formula is C12H15N5O2. The number of nitrogens with zero attached hydrogens (tertiary/aromatic N) is 4. The van der Waals surface area contributed by atoms with Crippen LogP contribution in [0.3, 0.4) is 0 Å². The molecule has 2 aromatic heterocycles. The Balaban J connectivity index is 1.74. The molecule has 2 aromatic rings. The van der Waals surface area contributed by atoms with E-state index < -0.39 is 0 Å². The summed E-state index contributed by atoms with van der Waals surface area (Å²) in [7, 11) is 0. The Morgan fingerprint density at radius 1 is 1.26 bits per heavy atom. The first-order chi connectivity index (χ1) is 9.33. The van der Waals surface area contributed by atoms with Crippen molar-refractivity contribution in [1.82, 2.24) is 20.1 Å². The number of hydrogen-bond acceptors (Lipinski definition) is 7. The van der Waals surface area contributed by atoms with Gasteiger partial charge in [0.15, 0.2) is 17.3 Å². The largest absolute Gasteiger partial charge is 0.382 e. The lowest BCUT2D eigenvalue weighted by Crippen LogP contribution is -2.21. The second-order valence-corrected chi connectivity index (χ2v) is 4.50. The average molecular weight is 261 g/mol. The summed E-state index contributed by atoms with van der Waals surface area (Å²) in [5.41, 5.74) is 6.14. The standard InChI is InChI=1S/C12H15N5O2/c13-11-10(14-4-5-15-11)12-16-9(17-19-12)7-8-3-1-2-6-18-8/h4-5,8H,1-3,6-7H2,(H2,13,15). The Kier molecular flexibility index (Phi) is 3.37. The topological polar surface area (TPSA) is 100.0 Å². The Hall–Kier alpha value is -2.02. The molecule has 1 saturated heterocycles. The minimum Gasteiger partial charge on any atom is -0.382 e. The molecule has 1 fully saturated rings. The molecule has 2 N–H and O–H groups in total. The maximum atomic E-state index is 5.72. The lowest BCUT2D eigenvalue weighted by atomic mass is 10.1. The second kappa shape index (κ2) is 5.31. The van der Waals surface area contributed by atoms with Gasteiger partial charge in [-0.25, -0.2) is 9.97 Å². The van der Waals surface area contributed by atoms with Crippen LogP contribution in [0.15, 0.2) is 16.9 Å². The van der Waals surface area contributed by atoms with Gasteiger partial charge in [0.2, 0.25) is 0 Å². The van der Waals surface area contributed by atoms with E-state index in [0.717, 1.165) is 19.4 Å². The zero-order chi connectivity index (χ0) is 13.1. The van der Waals surface area contributed by atoms with Gasteiger partial charge in [-0.1, -0.05) is 5.16 Å². The summed E-state index contributed by atoms with van der Waals surface area (Å²) in [6, 6.07) is 0. The maximum absolute atomic E-state index is 5.72. The van der Waals surface area contributed by atoms with E-state index in [1.807, 2.05) is 0 Å². The van der Waals surface area contributed by atoms with Crippen LogP contribution in [-0.2, 0) is 11.2 Å². The van der Waals surface area contributed by atoms with Crippen LogP contribution in [0.25, 0.3) is 11.6 Å². The monoisotopic (exact) mass is 261 g/mol. The van der Waals surface area contributed by atoms with Gasteiger partial charge in [-0.05, 0) is 19.3 Å². The zero-order valence-electron chi connectivity index (χ0n) is 10.5. The molecule has 0 amide bonds. The van der Waals surface area contributed by atoms with Crippen LogP contribution in [0.5, 0.6) is 0 Å². The minimum atomic E-state index is 0.179. The molecule has 0 saturated carbocycles. The molecule has 100 valence electrons. The van der Waals surface area contributed by atoms with Gasteiger partial charge in [-0.3, -0.25) is 0 Å². The molecule has 0 spiro atoms. The van der Waals surface area contributed by atoms with Crippen LogP contribution >= 0.6 is 0 Å². The van der Waals surface area contributed by atoms with Gasteiger partial charge in [0.25, 0.3) is 5.89 Å². The minimum absolute atomic E-state index is 0.179. The van der Waals surface area contributed by atoms with Gasteiger partial charge in [-0.15, -0.1) is 0 Å². The summed E-state index contributed by atoms with van der Waals surface area (Å²) in [6.07, 6.45) is 7.25. The smallest absolute Gasteiger partial charge is 0.280 e. The molecule has 0 radical (unpaired) electrons. The molecule has 3 heterocycles. The van der Waals surface area contributed by atoms with E-state index in [0.29, 0.717) is 23.8 Å².